The summed E-state index contributed by atoms with van der Waals surface area (Å²) < 4.78 is 0. The number of likely N-dealkylation sites (N-methyl/N-ethyl adjacent to an activating group) is 1. The van der Waals surface area contributed by atoms with E-state index in [1.54, 1.807) is 11.3 Å². The van der Waals surface area contributed by atoms with E-state index in [0.717, 1.165) is 37.7 Å². The Morgan fingerprint density at radius 1 is 0.955 bits per heavy atom. The van der Waals surface area contributed by atoms with E-state index in [0.29, 0.717) is 0 Å². The lowest BCUT2D eigenvalue weighted by atomic mass is 10.2. The number of benzene rings is 1. The summed E-state index contributed by atoms with van der Waals surface area (Å²) in [6.07, 6.45) is 0. The third-order valence-electron chi connectivity index (χ3n) is 4.52. The standard InChI is InChI=1S/C17H20N4S/c1-19-7-9-21(10-8-19)17-13-11-22-12-16(13)20(2)15-6-4-3-5-14(15)18-17/h3-6,11-12H,7-10H2,1-2H3. The van der Waals surface area contributed by atoms with Gasteiger partial charge in [-0.1, -0.05) is 12.1 Å². The van der Waals surface area contributed by atoms with E-state index in [-0.39, 0.29) is 0 Å². The predicted octanol–water partition coefficient (Wildman–Crippen LogP) is 3.16. The Kier molecular flexibility index (Phi) is 3.39. The van der Waals surface area contributed by atoms with Gasteiger partial charge in [-0.05, 0) is 19.2 Å². The molecule has 0 amide bonds. The molecule has 22 heavy (non-hydrogen) atoms. The van der Waals surface area contributed by atoms with E-state index in [9.17, 15) is 0 Å². The second-order valence-electron chi connectivity index (χ2n) is 5.94. The molecule has 114 valence electrons. The number of rotatable bonds is 0. The summed E-state index contributed by atoms with van der Waals surface area (Å²) in [6.45, 7) is 4.26. The summed E-state index contributed by atoms with van der Waals surface area (Å²) in [7, 11) is 4.32. The maximum Gasteiger partial charge on any atom is 0.139 e. The summed E-state index contributed by atoms with van der Waals surface area (Å²) in [4.78, 5) is 12.1. The lowest BCUT2D eigenvalue weighted by Crippen LogP contribution is -2.47. The van der Waals surface area contributed by atoms with Crippen LogP contribution in [0.4, 0.5) is 17.1 Å². The maximum atomic E-state index is 5.04. The number of hydrogen-bond acceptors (Lipinski definition) is 5. The van der Waals surface area contributed by atoms with Crippen molar-refractivity contribution in [3.63, 3.8) is 0 Å². The molecule has 0 radical (unpaired) electrons. The number of hydrogen-bond donors (Lipinski definition) is 0. The third kappa shape index (κ3) is 2.21. The van der Waals surface area contributed by atoms with Gasteiger partial charge in [-0.3, -0.25) is 0 Å². The van der Waals surface area contributed by atoms with Crippen LogP contribution in [0.15, 0.2) is 40.0 Å². The molecule has 0 N–H and O–H groups in total. The topological polar surface area (TPSA) is 22.1 Å². The minimum Gasteiger partial charge on any atom is -0.353 e. The van der Waals surface area contributed by atoms with Crippen LogP contribution in [0.3, 0.4) is 0 Å². The molecule has 4 nitrogen and oxygen atoms in total. The minimum absolute atomic E-state index is 1.04. The number of fused-ring (bicyclic) bond motifs is 2. The number of aliphatic imine (C=N–C) groups is 1. The summed E-state index contributed by atoms with van der Waals surface area (Å²) in [5.41, 5.74) is 4.74. The van der Waals surface area contributed by atoms with Crippen molar-refractivity contribution in [2.75, 3.05) is 45.2 Å². The average Bonchev–Trinajstić information content (AvgIpc) is 2.99. The predicted molar refractivity (Wildman–Crippen MR) is 94.1 cm³/mol. The van der Waals surface area contributed by atoms with Crippen LogP contribution in [0.2, 0.25) is 0 Å². The van der Waals surface area contributed by atoms with Crippen LogP contribution >= 0.6 is 11.3 Å². The number of amidine groups is 1. The molecule has 1 saturated heterocycles. The third-order valence-corrected chi connectivity index (χ3v) is 5.25. The number of anilines is 2. The van der Waals surface area contributed by atoms with Crippen molar-refractivity contribution in [3.05, 3.63) is 40.6 Å². The van der Waals surface area contributed by atoms with Gasteiger partial charge in [0.05, 0.1) is 22.6 Å². The fourth-order valence-electron chi connectivity index (χ4n) is 3.12. The summed E-state index contributed by atoms with van der Waals surface area (Å²) >= 11 is 1.75. The molecule has 1 fully saturated rings. The number of piperazine rings is 1. The van der Waals surface area contributed by atoms with Gasteiger partial charge in [-0.2, -0.15) is 0 Å². The van der Waals surface area contributed by atoms with Crippen LogP contribution < -0.4 is 4.90 Å². The second-order valence-corrected chi connectivity index (χ2v) is 6.69. The van der Waals surface area contributed by atoms with Gasteiger partial charge in [0.2, 0.25) is 0 Å². The van der Waals surface area contributed by atoms with Gasteiger partial charge in [-0.25, -0.2) is 4.99 Å². The molecule has 2 aromatic rings. The molecule has 0 aliphatic carbocycles. The van der Waals surface area contributed by atoms with Gasteiger partial charge in [-0.15, -0.1) is 11.3 Å². The van der Waals surface area contributed by atoms with Crippen LogP contribution in [0, 0.1) is 0 Å². The highest BCUT2D eigenvalue weighted by atomic mass is 32.1. The molecule has 1 aromatic carbocycles. The minimum atomic E-state index is 1.04. The monoisotopic (exact) mass is 312 g/mol. The Bertz CT molecular complexity index is 713. The molecule has 2 aliphatic rings. The zero-order valence-corrected chi connectivity index (χ0v) is 13.8. The van der Waals surface area contributed by atoms with E-state index < -0.39 is 0 Å². The van der Waals surface area contributed by atoms with Crippen LogP contribution in [0.25, 0.3) is 0 Å². The number of para-hydroxylation sites is 2. The summed E-state index contributed by atoms with van der Waals surface area (Å²) in [5, 5.41) is 4.46. The van der Waals surface area contributed by atoms with Gasteiger partial charge >= 0.3 is 0 Å². The largest absolute Gasteiger partial charge is 0.353 e. The second kappa shape index (κ2) is 5.41. The van der Waals surface area contributed by atoms with E-state index in [4.69, 9.17) is 4.99 Å². The lowest BCUT2D eigenvalue weighted by molar-refractivity contribution is 0.216. The lowest BCUT2D eigenvalue weighted by Gasteiger charge is -2.34. The van der Waals surface area contributed by atoms with Crippen molar-refractivity contribution < 1.29 is 0 Å². The summed E-state index contributed by atoms with van der Waals surface area (Å²) in [5.74, 6) is 1.13. The first kappa shape index (κ1) is 13.8. The van der Waals surface area contributed by atoms with Crippen molar-refractivity contribution in [2.45, 2.75) is 0 Å². The number of thiophene rings is 1. The van der Waals surface area contributed by atoms with Crippen LogP contribution in [0.1, 0.15) is 5.56 Å². The Morgan fingerprint density at radius 3 is 2.55 bits per heavy atom. The molecule has 5 heteroatoms. The molecular weight excluding hydrogens is 292 g/mol. The molecule has 1 aromatic heterocycles. The van der Waals surface area contributed by atoms with Crippen LogP contribution in [-0.2, 0) is 0 Å². The molecule has 0 atom stereocenters. The van der Waals surface area contributed by atoms with Crippen molar-refractivity contribution in [1.29, 1.82) is 0 Å². The van der Waals surface area contributed by atoms with Crippen molar-refractivity contribution >= 4 is 34.2 Å². The van der Waals surface area contributed by atoms with Gasteiger partial charge in [0, 0.05) is 44.0 Å². The zero-order chi connectivity index (χ0) is 15.1. The normalized spacial score (nSPS) is 18.5. The van der Waals surface area contributed by atoms with Crippen LogP contribution in [-0.4, -0.2) is 55.9 Å². The quantitative estimate of drug-likeness (QED) is 0.746. The van der Waals surface area contributed by atoms with Crippen molar-refractivity contribution in [1.82, 2.24) is 9.80 Å². The van der Waals surface area contributed by atoms with Gasteiger partial charge < -0.3 is 14.7 Å². The Morgan fingerprint density at radius 2 is 1.73 bits per heavy atom. The van der Waals surface area contributed by atoms with E-state index >= 15 is 0 Å². The number of nitrogens with zero attached hydrogens (tertiary/aromatic N) is 4. The van der Waals surface area contributed by atoms with E-state index in [2.05, 4.69) is 63.8 Å². The molecule has 2 aliphatic heterocycles. The first-order valence-corrected chi connectivity index (χ1v) is 8.60. The fourth-order valence-corrected chi connectivity index (χ4v) is 3.97. The highest BCUT2D eigenvalue weighted by molar-refractivity contribution is 7.08. The maximum absolute atomic E-state index is 5.04. The SMILES string of the molecule is CN1CCN(C2=Nc3ccccc3N(C)c3cscc32)CC1. The molecule has 3 heterocycles. The molecule has 0 saturated carbocycles. The highest BCUT2D eigenvalue weighted by Crippen LogP contribution is 2.40. The van der Waals surface area contributed by atoms with Gasteiger partial charge in [0.15, 0.2) is 0 Å². The zero-order valence-electron chi connectivity index (χ0n) is 13.0. The molecular formula is C17H20N4S. The first-order valence-electron chi connectivity index (χ1n) is 7.65. The highest BCUT2D eigenvalue weighted by Gasteiger charge is 2.26. The Labute approximate surface area is 135 Å². The molecule has 4 rings (SSSR count). The molecule has 0 unspecified atom stereocenters. The smallest absolute Gasteiger partial charge is 0.139 e. The summed E-state index contributed by atoms with van der Waals surface area (Å²) in [6, 6.07) is 8.40. The van der Waals surface area contributed by atoms with E-state index in [1.807, 2.05) is 0 Å². The Hall–Kier alpha value is -1.85. The van der Waals surface area contributed by atoms with Crippen LogP contribution in [0.5, 0.6) is 0 Å². The van der Waals surface area contributed by atoms with Crippen molar-refractivity contribution in [2.24, 2.45) is 4.99 Å². The van der Waals surface area contributed by atoms with E-state index in [1.165, 1.54) is 16.9 Å². The first-order chi connectivity index (χ1) is 10.7. The van der Waals surface area contributed by atoms with Gasteiger partial charge in [0.1, 0.15) is 5.84 Å². The van der Waals surface area contributed by atoms with Gasteiger partial charge in [0.25, 0.3) is 0 Å². The molecule has 0 spiro atoms. The van der Waals surface area contributed by atoms with Crippen molar-refractivity contribution in [3.8, 4) is 0 Å². The fraction of sp³-hybridized carbons (Fsp3) is 0.353. The Balaban J connectivity index is 1.83. The molecule has 0 bridgehead atoms. The average molecular weight is 312 g/mol.